The third kappa shape index (κ3) is 4.00. The molecule has 1 rings (SSSR count). The number of likely N-dealkylation sites (tertiary alicyclic amines) is 1. The van der Waals surface area contributed by atoms with Crippen LogP contribution in [0.25, 0.3) is 0 Å². The van der Waals surface area contributed by atoms with E-state index in [9.17, 15) is 9.59 Å². The van der Waals surface area contributed by atoms with Gasteiger partial charge in [-0.1, -0.05) is 13.8 Å². The fourth-order valence-corrected chi connectivity index (χ4v) is 2.16. The predicted molar refractivity (Wildman–Crippen MR) is 64.7 cm³/mol. The van der Waals surface area contributed by atoms with Gasteiger partial charge in [0.05, 0.1) is 5.92 Å². The van der Waals surface area contributed by atoms with Crippen molar-refractivity contribution in [1.82, 2.24) is 9.80 Å². The largest absolute Gasteiger partial charge is 0.481 e. The summed E-state index contributed by atoms with van der Waals surface area (Å²) in [5, 5.41) is 8.87. The van der Waals surface area contributed by atoms with Crippen molar-refractivity contribution in [3.63, 3.8) is 0 Å². The second-order valence-electron chi connectivity index (χ2n) is 4.51. The number of rotatable bonds is 7. The van der Waals surface area contributed by atoms with E-state index in [0.29, 0.717) is 13.1 Å². The molecule has 1 N–H and O–H groups in total. The van der Waals surface area contributed by atoms with Crippen molar-refractivity contribution in [2.45, 2.75) is 26.7 Å². The van der Waals surface area contributed by atoms with Gasteiger partial charge in [0.1, 0.15) is 0 Å². The summed E-state index contributed by atoms with van der Waals surface area (Å²) in [6.07, 6.45) is 1.26. The second kappa shape index (κ2) is 6.59. The summed E-state index contributed by atoms with van der Waals surface area (Å²) in [4.78, 5) is 26.3. The predicted octanol–water partition coefficient (Wildman–Crippen LogP) is 0.651. The van der Waals surface area contributed by atoms with Gasteiger partial charge in [-0.2, -0.15) is 0 Å². The molecule has 1 aliphatic rings. The molecular formula is C12H22N2O3. The van der Waals surface area contributed by atoms with Gasteiger partial charge in [0, 0.05) is 26.1 Å². The number of carbonyl (C=O) groups excluding carboxylic acids is 1. The molecule has 1 fully saturated rings. The molecule has 0 aliphatic carbocycles. The third-order valence-electron chi connectivity index (χ3n) is 3.24. The molecule has 0 radical (unpaired) electrons. The van der Waals surface area contributed by atoms with Gasteiger partial charge in [-0.3, -0.25) is 9.59 Å². The first-order valence-electron chi connectivity index (χ1n) is 6.31. The average molecular weight is 242 g/mol. The summed E-state index contributed by atoms with van der Waals surface area (Å²) in [5.74, 6) is -1.39. The van der Waals surface area contributed by atoms with E-state index < -0.39 is 11.9 Å². The number of carboxylic acids is 1. The normalized spacial score (nSPS) is 20.3. The van der Waals surface area contributed by atoms with Crippen LogP contribution < -0.4 is 0 Å². The first kappa shape index (κ1) is 14.0. The molecule has 1 atom stereocenters. The zero-order valence-corrected chi connectivity index (χ0v) is 10.7. The number of carboxylic acid groups (broad SMARTS) is 1. The first-order valence-corrected chi connectivity index (χ1v) is 6.31. The summed E-state index contributed by atoms with van der Waals surface area (Å²) in [6.45, 7) is 8.08. The molecule has 0 aromatic rings. The van der Waals surface area contributed by atoms with Crippen molar-refractivity contribution in [3.8, 4) is 0 Å². The standard InChI is InChI=1S/C12H22N2O3/c1-3-5-13(4-2)6-7-14-9-10(12(16)17)8-11(14)15/h10H,3-9H2,1-2H3,(H,16,17). The smallest absolute Gasteiger partial charge is 0.308 e. The van der Waals surface area contributed by atoms with Crippen molar-refractivity contribution >= 4 is 11.9 Å². The van der Waals surface area contributed by atoms with Crippen molar-refractivity contribution < 1.29 is 14.7 Å². The van der Waals surface area contributed by atoms with Gasteiger partial charge in [0.2, 0.25) is 5.91 Å². The second-order valence-corrected chi connectivity index (χ2v) is 4.51. The molecule has 0 spiro atoms. The van der Waals surface area contributed by atoms with Crippen LogP contribution >= 0.6 is 0 Å². The van der Waals surface area contributed by atoms with E-state index in [2.05, 4.69) is 18.7 Å². The van der Waals surface area contributed by atoms with E-state index in [4.69, 9.17) is 5.11 Å². The van der Waals surface area contributed by atoms with Crippen molar-refractivity contribution in [2.75, 3.05) is 32.7 Å². The summed E-state index contributed by atoms with van der Waals surface area (Å²) in [7, 11) is 0. The topological polar surface area (TPSA) is 60.9 Å². The summed E-state index contributed by atoms with van der Waals surface area (Å²) < 4.78 is 0. The molecular weight excluding hydrogens is 220 g/mol. The van der Waals surface area contributed by atoms with E-state index in [0.717, 1.165) is 26.1 Å². The third-order valence-corrected chi connectivity index (χ3v) is 3.24. The molecule has 1 amide bonds. The molecule has 98 valence electrons. The van der Waals surface area contributed by atoms with Crippen molar-refractivity contribution in [3.05, 3.63) is 0 Å². The molecule has 1 unspecified atom stereocenters. The zero-order chi connectivity index (χ0) is 12.8. The van der Waals surface area contributed by atoms with E-state index in [-0.39, 0.29) is 12.3 Å². The lowest BCUT2D eigenvalue weighted by molar-refractivity contribution is -0.141. The Labute approximate surface area is 102 Å². The average Bonchev–Trinajstić information content (AvgIpc) is 2.66. The fourth-order valence-electron chi connectivity index (χ4n) is 2.16. The Morgan fingerprint density at radius 1 is 1.47 bits per heavy atom. The van der Waals surface area contributed by atoms with E-state index >= 15 is 0 Å². The monoisotopic (exact) mass is 242 g/mol. The molecule has 1 aliphatic heterocycles. The van der Waals surface area contributed by atoms with Gasteiger partial charge < -0.3 is 14.9 Å². The lowest BCUT2D eigenvalue weighted by atomic mass is 10.1. The van der Waals surface area contributed by atoms with Crippen LogP contribution in [0.1, 0.15) is 26.7 Å². The van der Waals surface area contributed by atoms with Gasteiger partial charge >= 0.3 is 5.97 Å². The molecule has 0 aromatic carbocycles. The van der Waals surface area contributed by atoms with Crippen LogP contribution in [0.15, 0.2) is 0 Å². The first-order chi connectivity index (χ1) is 8.08. The highest BCUT2D eigenvalue weighted by Gasteiger charge is 2.33. The molecule has 0 bridgehead atoms. The molecule has 0 aromatic heterocycles. The number of likely N-dealkylation sites (N-methyl/N-ethyl adjacent to an activating group) is 1. The van der Waals surface area contributed by atoms with Crippen molar-refractivity contribution in [1.29, 1.82) is 0 Å². The zero-order valence-electron chi connectivity index (χ0n) is 10.7. The number of hydrogen-bond acceptors (Lipinski definition) is 3. The van der Waals surface area contributed by atoms with E-state index in [1.54, 1.807) is 4.90 Å². The summed E-state index contributed by atoms with van der Waals surface area (Å²) in [5.41, 5.74) is 0. The van der Waals surface area contributed by atoms with Crippen LogP contribution in [-0.4, -0.2) is 59.5 Å². The van der Waals surface area contributed by atoms with E-state index in [1.165, 1.54) is 0 Å². The Balaban J connectivity index is 2.37. The maximum absolute atomic E-state index is 11.6. The highest BCUT2D eigenvalue weighted by atomic mass is 16.4. The maximum atomic E-state index is 11.6. The fraction of sp³-hybridized carbons (Fsp3) is 0.833. The number of amides is 1. The quantitative estimate of drug-likeness (QED) is 0.712. The highest BCUT2D eigenvalue weighted by Crippen LogP contribution is 2.17. The number of nitrogens with zero attached hydrogens (tertiary/aromatic N) is 2. The molecule has 17 heavy (non-hydrogen) atoms. The molecule has 5 heteroatoms. The van der Waals surface area contributed by atoms with Crippen molar-refractivity contribution in [2.24, 2.45) is 5.92 Å². The van der Waals surface area contributed by atoms with Crippen LogP contribution in [0.5, 0.6) is 0 Å². The lowest BCUT2D eigenvalue weighted by Gasteiger charge is -2.23. The van der Waals surface area contributed by atoms with Crippen LogP contribution in [0.4, 0.5) is 0 Å². The van der Waals surface area contributed by atoms with Crippen LogP contribution in [0, 0.1) is 5.92 Å². The maximum Gasteiger partial charge on any atom is 0.308 e. The van der Waals surface area contributed by atoms with Gasteiger partial charge in [0.25, 0.3) is 0 Å². The van der Waals surface area contributed by atoms with Crippen LogP contribution in [0.2, 0.25) is 0 Å². The Hall–Kier alpha value is -1.10. The number of carbonyl (C=O) groups is 2. The van der Waals surface area contributed by atoms with Gasteiger partial charge in [-0.25, -0.2) is 0 Å². The number of hydrogen-bond donors (Lipinski definition) is 1. The SMILES string of the molecule is CCCN(CC)CCN1CC(C(=O)O)CC1=O. The van der Waals surface area contributed by atoms with Gasteiger partial charge in [-0.05, 0) is 19.5 Å². The Bertz CT molecular complexity index is 281. The van der Waals surface area contributed by atoms with Crippen LogP contribution in [0.3, 0.4) is 0 Å². The highest BCUT2D eigenvalue weighted by molar-refractivity contribution is 5.86. The Kier molecular flexibility index (Phi) is 5.41. The summed E-state index contributed by atoms with van der Waals surface area (Å²) in [6, 6.07) is 0. The Morgan fingerprint density at radius 3 is 2.65 bits per heavy atom. The number of aliphatic carboxylic acids is 1. The van der Waals surface area contributed by atoms with Crippen LogP contribution in [-0.2, 0) is 9.59 Å². The molecule has 1 saturated heterocycles. The molecule has 5 nitrogen and oxygen atoms in total. The van der Waals surface area contributed by atoms with Gasteiger partial charge in [-0.15, -0.1) is 0 Å². The van der Waals surface area contributed by atoms with E-state index in [1.807, 2.05) is 0 Å². The summed E-state index contributed by atoms with van der Waals surface area (Å²) >= 11 is 0. The minimum absolute atomic E-state index is 0.0232. The minimum atomic E-state index is -0.859. The molecule has 0 saturated carbocycles. The van der Waals surface area contributed by atoms with Gasteiger partial charge in [0.15, 0.2) is 0 Å². The molecule has 1 heterocycles. The Morgan fingerprint density at radius 2 is 2.18 bits per heavy atom. The minimum Gasteiger partial charge on any atom is -0.481 e. The lowest BCUT2D eigenvalue weighted by Crippen LogP contribution is -2.36.